The zero-order valence-corrected chi connectivity index (χ0v) is 20.2. The van der Waals surface area contributed by atoms with E-state index in [1.54, 1.807) is 5.38 Å². The molecule has 0 unspecified atom stereocenters. The summed E-state index contributed by atoms with van der Waals surface area (Å²) in [6.45, 7) is 1.06. The molecule has 1 aromatic heterocycles. The van der Waals surface area contributed by atoms with Crippen molar-refractivity contribution in [2.45, 2.75) is 19.3 Å². The molecule has 3 rings (SSSR count). The van der Waals surface area contributed by atoms with Gasteiger partial charge < -0.3 is 25.0 Å². The number of alkyl halides is 3. The van der Waals surface area contributed by atoms with Crippen LogP contribution in [0.3, 0.4) is 0 Å². The summed E-state index contributed by atoms with van der Waals surface area (Å²) in [4.78, 5) is 30.7. The van der Waals surface area contributed by atoms with Crippen LogP contribution in [0, 0.1) is 0 Å². The van der Waals surface area contributed by atoms with E-state index in [-0.39, 0.29) is 36.3 Å². The summed E-state index contributed by atoms with van der Waals surface area (Å²) in [6, 6.07) is 14.7. The van der Waals surface area contributed by atoms with E-state index in [1.165, 1.54) is 23.5 Å². The first kappa shape index (κ1) is 26.8. The van der Waals surface area contributed by atoms with Crippen LogP contribution in [0.5, 0.6) is 11.5 Å². The summed E-state index contributed by atoms with van der Waals surface area (Å²) in [7, 11) is 1.99. The van der Waals surface area contributed by atoms with Crippen LogP contribution < -0.4 is 25.0 Å². The van der Waals surface area contributed by atoms with E-state index in [1.807, 2.05) is 37.4 Å². The van der Waals surface area contributed by atoms with Crippen molar-refractivity contribution < 1.29 is 32.2 Å². The molecule has 8 nitrogen and oxygen atoms in total. The van der Waals surface area contributed by atoms with Crippen molar-refractivity contribution in [1.29, 1.82) is 0 Å². The third-order valence-corrected chi connectivity index (χ3v) is 5.65. The molecule has 36 heavy (non-hydrogen) atoms. The van der Waals surface area contributed by atoms with Gasteiger partial charge in [-0.2, -0.15) is 0 Å². The van der Waals surface area contributed by atoms with Crippen molar-refractivity contribution in [3.8, 4) is 11.5 Å². The van der Waals surface area contributed by atoms with Gasteiger partial charge in [0.25, 0.3) is 11.8 Å². The maximum atomic E-state index is 12.3. The van der Waals surface area contributed by atoms with Gasteiger partial charge in [-0.15, -0.1) is 24.5 Å². The SMILES string of the molecule is CN(CCCNC(=O)c1csc(CNC(=O)COc2ccc(OC(F)(F)F)cc2)n1)c1ccccc1. The highest BCUT2D eigenvalue weighted by molar-refractivity contribution is 7.09. The first-order valence-corrected chi connectivity index (χ1v) is 11.8. The van der Waals surface area contributed by atoms with Crippen molar-refractivity contribution in [2.75, 3.05) is 31.6 Å². The average molecular weight is 523 g/mol. The van der Waals surface area contributed by atoms with Crippen LogP contribution in [0.2, 0.25) is 0 Å². The Hall–Kier alpha value is -3.80. The summed E-state index contributed by atoms with van der Waals surface area (Å²) in [5.41, 5.74) is 1.38. The fraction of sp³-hybridized carbons (Fsp3) is 0.292. The van der Waals surface area contributed by atoms with Gasteiger partial charge in [0.15, 0.2) is 6.61 Å². The number of halogens is 3. The molecule has 0 saturated carbocycles. The second-order valence-electron chi connectivity index (χ2n) is 7.58. The fourth-order valence-corrected chi connectivity index (χ4v) is 3.74. The lowest BCUT2D eigenvalue weighted by molar-refractivity contribution is -0.274. The molecule has 2 aromatic carbocycles. The Bertz CT molecular complexity index is 1120. The van der Waals surface area contributed by atoms with Gasteiger partial charge in [0.05, 0.1) is 6.54 Å². The number of thiazole rings is 1. The number of para-hydroxylation sites is 1. The van der Waals surface area contributed by atoms with Gasteiger partial charge in [0, 0.05) is 31.2 Å². The molecule has 0 aliphatic rings. The number of aromatic nitrogens is 1. The first-order chi connectivity index (χ1) is 17.2. The smallest absolute Gasteiger partial charge is 0.484 e. The molecule has 0 bridgehead atoms. The lowest BCUT2D eigenvalue weighted by atomic mass is 10.3. The van der Waals surface area contributed by atoms with Crippen LogP contribution in [-0.4, -0.2) is 49.9 Å². The highest BCUT2D eigenvalue weighted by atomic mass is 32.1. The van der Waals surface area contributed by atoms with Crippen LogP contribution >= 0.6 is 11.3 Å². The minimum absolute atomic E-state index is 0.111. The van der Waals surface area contributed by atoms with E-state index in [4.69, 9.17) is 4.74 Å². The van der Waals surface area contributed by atoms with Gasteiger partial charge in [-0.1, -0.05) is 18.2 Å². The third kappa shape index (κ3) is 9.10. The van der Waals surface area contributed by atoms with Gasteiger partial charge in [0.1, 0.15) is 22.2 Å². The predicted octanol–water partition coefficient (Wildman–Crippen LogP) is 3.99. The van der Waals surface area contributed by atoms with Gasteiger partial charge in [-0.25, -0.2) is 4.98 Å². The van der Waals surface area contributed by atoms with E-state index in [2.05, 4.69) is 25.3 Å². The molecule has 0 aliphatic carbocycles. The summed E-state index contributed by atoms with van der Waals surface area (Å²) >= 11 is 1.24. The van der Waals surface area contributed by atoms with Crippen molar-refractivity contribution in [2.24, 2.45) is 0 Å². The lowest BCUT2D eigenvalue weighted by Gasteiger charge is -2.19. The molecule has 0 radical (unpaired) electrons. The van der Waals surface area contributed by atoms with Crippen LogP contribution in [-0.2, 0) is 11.3 Å². The lowest BCUT2D eigenvalue weighted by Crippen LogP contribution is -2.29. The monoisotopic (exact) mass is 522 g/mol. The molecule has 0 spiro atoms. The third-order valence-electron chi connectivity index (χ3n) is 4.80. The number of nitrogens with one attached hydrogen (secondary N) is 2. The van der Waals surface area contributed by atoms with E-state index < -0.39 is 12.3 Å². The summed E-state index contributed by atoms with van der Waals surface area (Å²) in [5, 5.41) is 7.62. The number of benzene rings is 2. The number of anilines is 1. The van der Waals surface area contributed by atoms with E-state index in [0.717, 1.165) is 30.8 Å². The summed E-state index contributed by atoms with van der Waals surface area (Å²) < 4.78 is 45.6. The van der Waals surface area contributed by atoms with Gasteiger partial charge in [-0.05, 0) is 42.8 Å². The molecule has 12 heteroatoms. The molecule has 0 aliphatic heterocycles. The second kappa shape index (κ2) is 12.8. The number of carbonyl (C=O) groups excluding carboxylic acids is 2. The average Bonchev–Trinajstić information content (AvgIpc) is 3.33. The number of ether oxygens (including phenoxy) is 2. The molecule has 2 N–H and O–H groups in total. The standard InChI is InChI=1S/C24H25F3N4O4S/c1-31(17-6-3-2-4-7-17)13-5-12-28-23(33)20-16-36-22(30-20)14-29-21(32)15-34-18-8-10-19(11-9-18)35-24(25,26)27/h2-4,6-11,16H,5,12-15H2,1H3,(H,28,33)(H,29,32). The van der Waals surface area contributed by atoms with Crippen molar-refractivity contribution in [3.63, 3.8) is 0 Å². The Morgan fingerprint density at radius 2 is 1.72 bits per heavy atom. The zero-order valence-electron chi connectivity index (χ0n) is 19.4. The normalized spacial score (nSPS) is 11.0. The summed E-state index contributed by atoms with van der Waals surface area (Å²) in [5.74, 6) is -0.910. The number of nitrogens with zero attached hydrogens (tertiary/aromatic N) is 2. The molecule has 1 heterocycles. The Morgan fingerprint density at radius 1 is 1.03 bits per heavy atom. The van der Waals surface area contributed by atoms with E-state index >= 15 is 0 Å². The topological polar surface area (TPSA) is 92.8 Å². The van der Waals surface area contributed by atoms with Gasteiger partial charge >= 0.3 is 6.36 Å². The summed E-state index contributed by atoms with van der Waals surface area (Å²) in [6.07, 6.45) is -4.01. The Kier molecular flexibility index (Phi) is 9.51. The van der Waals surface area contributed by atoms with Crippen LogP contribution in [0.1, 0.15) is 21.9 Å². The fourth-order valence-electron chi connectivity index (χ4n) is 3.03. The highest BCUT2D eigenvalue weighted by Gasteiger charge is 2.31. The molecule has 0 saturated heterocycles. The Labute approximate surface area is 210 Å². The van der Waals surface area contributed by atoms with Crippen LogP contribution in [0.15, 0.2) is 60.0 Å². The van der Waals surface area contributed by atoms with E-state index in [9.17, 15) is 22.8 Å². The van der Waals surface area contributed by atoms with E-state index in [0.29, 0.717) is 11.6 Å². The number of hydrogen-bond acceptors (Lipinski definition) is 7. The van der Waals surface area contributed by atoms with Crippen molar-refractivity contribution >= 4 is 28.8 Å². The second-order valence-corrected chi connectivity index (χ2v) is 8.52. The molecular formula is C24H25F3N4O4S. The molecule has 0 atom stereocenters. The molecule has 0 fully saturated rings. The number of rotatable bonds is 12. The zero-order chi connectivity index (χ0) is 26.0. The first-order valence-electron chi connectivity index (χ1n) is 10.9. The maximum absolute atomic E-state index is 12.3. The Balaban J connectivity index is 1.33. The molecular weight excluding hydrogens is 497 g/mol. The van der Waals surface area contributed by atoms with Crippen LogP contribution in [0.4, 0.5) is 18.9 Å². The molecule has 192 valence electrons. The van der Waals surface area contributed by atoms with Gasteiger partial charge in [-0.3, -0.25) is 9.59 Å². The maximum Gasteiger partial charge on any atom is 0.573 e. The molecule has 3 aromatic rings. The largest absolute Gasteiger partial charge is 0.573 e. The predicted molar refractivity (Wildman–Crippen MR) is 129 cm³/mol. The minimum atomic E-state index is -4.78. The Morgan fingerprint density at radius 3 is 2.42 bits per heavy atom. The van der Waals surface area contributed by atoms with Gasteiger partial charge in [0.2, 0.25) is 0 Å². The quantitative estimate of drug-likeness (QED) is 0.350. The minimum Gasteiger partial charge on any atom is -0.484 e. The van der Waals surface area contributed by atoms with Crippen molar-refractivity contribution in [1.82, 2.24) is 15.6 Å². The highest BCUT2D eigenvalue weighted by Crippen LogP contribution is 2.24. The van der Waals surface area contributed by atoms with Crippen molar-refractivity contribution in [3.05, 3.63) is 70.7 Å². The number of carbonyl (C=O) groups is 2. The number of hydrogen-bond donors (Lipinski definition) is 2. The van der Waals surface area contributed by atoms with Crippen LogP contribution in [0.25, 0.3) is 0 Å². The molecule has 2 amide bonds. The number of amides is 2.